The van der Waals surface area contributed by atoms with Crippen LogP contribution in [0.3, 0.4) is 0 Å². The number of hydrogen-bond acceptors (Lipinski definition) is 6. The van der Waals surface area contributed by atoms with Crippen LogP contribution in [0.15, 0.2) is 58.2 Å². The Labute approximate surface area is 170 Å². The molecule has 1 aliphatic rings. The molecule has 1 N–H and O–H groups in total. The summed E-state index contributed by atoms with van der Waals surface area (Å²) in [5, 5.41) is 3.30. The lowest BCUT2D eigenvalue weighted by Crippen LogP contribution is -2.46. The van der Waals surface area contributed by atoms with Crippen LogP contribution in [0.4, 0.5) is 0 Å². The summed E-state index contributed by atoms with van der Waals surface area (Å²) in [4.78, 5) is 38.6. The lowest BCUT2D eigenvalue weighted by atomic mass is 9.90. The van der Waals surface area contributed by atoms with E-state index in [-0.39, 0.29) is 29.7 Å². The predicted octanol–water partition coefficient (Wildman–Crippen LogP) is 2.77. The number of rotatable bonds is 4. The zero-order chi connectivity index (χ0) is 19.7. The fraction of sp³-hybridized carbons (Fsp3) is 0.250. The van der Waals surface area contributed by atoms with Crippen molar-refractivity contribution in [2.45, 2.75) is 32.0 Å². The van der Waals surface area contributed by atoms with E-state index in [4.69, 9.17) is 4.98 Å². The van der Waals surface area contributed by atoms with Gasteiger partial charge in [0.15, 0.2) is 5.78 Å². The smallest absolute Gasteiger partial charge is 0.269 e. The van der Waals surface area contributed by atoms with Crippen LogP contribution in [0, 0.1) is 0 Å². The summed E-state index contributed by atoms with van der Waals surface area (Å²) in [5.74, 6) is 0.383. The van der Waals surface area contributed by atoms with Gasteiger partial charge in [-0.25, -0.2) is 15.0 Å². The molecule has 0 saturated heterocycles. The van der Waals surface area contributed by atoms with Crippen molar-refractivity contribution < 1.29 is 4.79 Å². The van der Waals surface area contributed by atoms with E-state index in [2.05, 4.69) is 31.2 Å². The highest BCUT2D eigenvalue weighted by atomic mass is 79.9. The number of carbonyl (C=O) groups excluding carboxylic acids is 1. The van der Waals surface area contributed by atoms with Crippen molar-refractivity contribution in [3.8, 4) is 11.4 Å². The number of carbonyl (C=O) groups is 1. The second-order valence-electron chi connectivity index (χ2n) is 6.71. The lowest BCUT2D eigenvalue weighted by Gasteiger charge is -2.32. The maximum Gasteiger partial charge on any atom is 0.269 e. The van der Waals surface area contributed by atoms with E-state index < -0.39 is 0 Å². The molecule has 1 aromatic carbocycles. The molecule has 2 unspecified atom stereocenters. The van der Waals surface area contributed by atoms with Crippen LogP contribution in [-0.4, -0.2) is 31.3 Å². The molecule has 0 saturated carbocycles. The Morgan fingerprint density at radius 3 is 2.79 bits per heavy atom. The van der Waals surface area contributed by atoms with Gasteiger partial charge in [-0.05, 0) is 28.9 Å². The molecule has 3 heterocycles. The Hall–Kier alpha value is -2.71. The van der Waals surface area contributed by atoms with Gasteiger partial charge in [-0.2, -0.15) is 0 Å². The summed E-state index contributed by atoms with van der Waals surface area (Å²) in [7, 11) is 0. The Bertz CT molecular complexity index is 1070. The van der Waals surface area contributed by atoms with E-state index in [0.29, 0.717) is 33.9 Å². The van der Waals surface area contributed by atoms with Crippen LogP contribution in [0.2, 0.25) is 0 Å². The largest absolute Gasteiger partial charge is 0.296 e. The number of nitrogens with one attached hydrogen (secondary N) is 1. The molecule has 0 fully saturated rings. The van der Waals surface area contributed by atoms with Crippen LogP contribution in [0.1, 0.15) is 35.4 Å². The van der Waals surface area contributed by atoms with Gasteiger partial charge >= 0.3 is 0 Å². The third-order valence-electron chi connectivity index (χ3n) is 4.98. The molecule has 8 heteroatoms. The van der Waals surface area contributed by atoms with Gasteiger partial charge in [0.1, 0.15) is 22.3 Å². The fourth-order valence-corrected chi connectivity index (χ4v) is 3.90. The number of fused-ring (bicyclic) bond motifs is 1. The molecule has 0 radical (unpaired) electrons. The summed E-state index contributed by atoms with van der Waals surface area (Å²) in [6.07, 6.45) is 3.28. The van der Waals surface area contributed by atoms with E-state index in [1.54, 1.807) is 29.0 Å². The molecule has 2 aromatic heterocycles. The van der Waals surface area contributed by atoms with Crippen LogP contribution in [0.5, 0.6) is 0 Å². The molecule has 2 atom stereocenters. The van der Waals surface area contributed by atoms with Gasteiger partial charge in [0.25, 0.3) is 5.56 Å². The monoisotopic (exact) mass is 439 g/mol. The molecule has 142 valence electrons. The number of Topliss-reactive ketones (excluding diaryl/α,β-unsaturated/α-hetero) is 1. The average Bonchev–Trinajstić information content (AvgIpc) is 2.73. The first kappa shape index (κ1) is 18.6. The minimum Gasteiger partial charge on any atom is -0.296 e. The molecule has 3 aromatic rings. The van der Waals surface area contributed by atoms with Crippen LogP contribution < -0.4 is 10.9 Å². The zero-order valence-corrected chi connectivity index (χ0v) is 16.8. The number of benzene rings is 1. The Morgan fingerprint density at radius 2 is 2.07 bits per heavy atom. The van der Waals surface area contributed by atoms with Crippen molar-refractivity contribution in [3.05, 3.63) is 75.1 Å². The SMILES string of the molecule is CC1NCn2c(nc(-c3ccncn3)c(Br)c2=O)C1CC(=O)c1ccccc1. The highest BCUT2D eigenvalue weighted by molar-refractivity contribution is 9.10. The molecule has 0 spiro atoms. The van der Waals surface area contributed by atoms with Crippen molar-refractivity contribution in [1.29, 1.82) is 0 Å². The second kappa shape index (κ2) is 7.73. The van der Waals surface area contributed by atoms with Crippen LogP contribution >= 0.6 is 15.9 Å². The second-order valence-corrected chi connectivity index (χ2v) is 7.50. The zero-order valence-electron chi connectivity index (χ0n) is 15.2. The number of aromatic nitrogens is 4. The van der Waals surface area contributed by atoms with Gasteiger partial charge in [-0.15, -0.1) is 0 Å². The maximum absolute atomic E-state index is 12.9. The molecule has 28 heavy (non-hydrogen) atoms. The van der Waals surface area contributed by atoms with E-state index in [1.165, 1.54) is 6.33 Å². The minimum atomic E-state index is -0.233. The highest BCUT2D eigenvalue weighted by Gasteiger charge is 2.32. The standard InChI is InChI=1S/C20H18BrN5O2/c1-12-14(9-16(27)13-5-3-2-4-6-13)19-25-18(15-7-8-22-10-23-15)17(21)20(28)26(19)11-24-12/h2-8,10,12,14,24H,9,11H2,1H3. The Balaban J connectivity index is 1.78. The lowest BCUT2D eigenvalue weighted by molar-refractivity contribution is 0.0960. The molecule has 7 nitrogen and oxygen atoms in total. The van der Waals surface area contributed by atoms with Crippen molar-refractivity contribution in [2.24, 2.45) is 0 Å². The number of ketones is 1. The molecule has 0 aliphatic carbocycles. The van der Waals surface area contributed by atoms with E-state index in [0.717, 1.165) is 0 Å². The van der Waals surface area contributed by atoms with E-state index in [9.17, 15) is 9.59 Å². The van der Waals surface area contributed by atoms with Gasteiger partial charge in [0.05, 0.1) is 12.4 Å². The van der Waals surface area contributed by atoms with Crippen molar-refractivity contribution >= 4 is 21.7 Å². The van der Waals surface area contributed by atoms with Gasteiger partial charge < -0.3 is 0 Å². The molecule has 0 amide bonds. The van der Waals surface area contributed by atoms with Gasteiger partial charge in [0, 0.05) is 30.1 Å². The van der Waals surface area contributed by atoms with Crippen LogP contribution in [0.25, 0.3) is 11.4 Å². The van der Waals surface area contributed by atoms with Gasteiger partial charge in [-0.1, -0.05) is 30.3 Å². The normalized spacial score (nSPS) is 18.5. The van der Waals surface area contributed by atoms with E-state index in [1.807, 2.05) is 25.1 Å². The summed E-state index contributed by atoms with van der Waals surface area (Å²) in [6.45, 7) is 2.35. The third kappa shape index (κ3) is 3.41. The van der Waals surface area contributed by atoms with Gasteiger partial charge in [-0.3, -0.25) is 19.5 Å². The number of nitrogens with zero attached hydrogens (tertiary/aromatic N) is 4. The summed E-state index contributed by atoms with van der Waals surface area (Å²) >= 11 is 3.37. The first-order valence-electron chi connectivity index (χ1n) is 8.94. The molecule has 4 rings (SSSR count). The Morgan fingerprint density at radius 1 is 1.29 bits per heavy atom. The third-order valence-corrected chi connectivity index (χ3v) is 5.69. The topological polar surface area (TPSA) is 89.8 Å². The van der Waals surface area contributed by atoms with Gasteiger partial charge in [0.2, 0.25) is 0 Å². The average molecular weight is 440 g/mol. The number of halogens is 1. The highest BCUT2D eigenvalue weighted by Crippen LogP contribution is 2.30. The number of hydrogen-bond donors (Lipinski definition) is 1. The van der Waals surface area contributed by atoms with Crippen molar-refractivity contribution in [2.75, 3.05) is 0 Å². The summed E-state index contributed by atoms with van der Waals surface area (Å²) in [5.41, 5.74) is 1.48. The predicted molar refractivity (Wildman–Crippen MR) is 108 cm³/mol. The Kier molecular flexibility index (Phi) is 5.15. The molecule has 0 bridgehead atoms. The van der Waals surface area contributed by atoms with Crippen LogP contribution in [-0.2, 0) is 6.67 Å². The maximum atomic E-state index is 12.9. The first-order valence-corrected chi connectivity index (χ1v) is 9.74. The molecule has 1 aliphatic heterocycles. The summed E-state index contributed by atoms with van der Waals surface area (Å²) < 4.78 is 1.93. The van der Waals surface area contributed by atoms with Crippen molar-refractivity contribution in [3.63, 3.8) is 0 Å². The minimum absolute atomic E-state index is 0.000938. The quantitative estimate of drug-likeness (QED) is 0.628. The molecular weight excluding hydrogens is 422 g/mol. The first-order chi connectivity index (χ1) is 13.6. The summed E-state index contributed by atoms with van der Waals surface area (Å²) in [6, 6.07) is 10.9. The fourth-order valence-electron chi connectivity index (χ4n) is 3.40. The van der Waals surface area contributed by atoms with Crippen molar-refractivity contribution in [1.82, 2.24) is 24.8 Å². The van der Waals surface area contributed by atoms with E-state index >= 15 is 0 Å². The molecular formula is C20H18BrN5O2.